The third-order valence-corrected chi connectivity index (χ3v) is 7.11. The molecule has 0 radical (unpaired) electrons. The van der Waals surface area contributed by atoms with Gasteiger partial charge in [0, 0.05) is 22.8 Å². The lowest BCUT2D eigenvalue weighted by atomic mass is 9.98. The molecule has 3 aromatic rings. The van der Waals surface area contributed by atoms with E-state index in [-0.39, 0.29) is 19.6 Å². The van der Waals surface area contributed by atoms with E-state index in [4.69, 9.17) is 40.0 Å². The van der Waals surface area contributed by atoms with E-state index in [1.165, 1.54) is 7.11 Å². The minimum Gasteiger partial charge on any atom is -0.497 e. The fraction of sp³-hybridized carbons (Fsp3) is 0.355. The zero-order chi connectivity index (χ0) is 29.5. The van der Waals surface area contributed by atoms with Gasteiger partial charge < -0.3 is 33.3 Å². The van der Waals surface area contributed by atoms with Gasteiger partial charge in [-0.05, 0) is 50.2 Å². The number of esters is 1. The van der Waals surface area contributed by atoms with Crippen LogP contribution in [0.1, 0.15) is 43.1 Å². The summed E-state index contributed by atoms with van der Waals surface area (Å²) in [6.07, 6.45) is -2.29. The van der Waals surface area contributed by atoms with Gasteiger partial charge in [-0.25, -0.2) is 0 Å². The van der Waals surface area contributed by atoms with Crippen molar-refractivity contribution < 1.29 is 38.0 Å². The number of hydrogen-bond acceptors (Lipinski definition) is 8. The maximum Gasteiger partial charge on any atom is 0.308 e. The second-order valence-corrected chi connectivity index (χ2v) is 9.51. The minimum atomic E-state index is -1.17. The average molecular weight is 584 g/mol. The highest BCUT2D eigenvalue weighted by molar-refractivity contribution is 6.33. The van der Waals surface area contributed by atoms with Gasteiger partial charge in [0.05, 0.1) is 58.2 Å². The number of ether oxygens (including phenoxy) is 6. The molecule has 1 heterocycles. The highest BCUT2D eigenvalue weighted by Crippen LogP contribution is 2.45. The predicted octanol–water partition coefficient (Wildman–Crippen LogP) is 5.74. The maximum atomic E-state index is 14.2. The van der Waals surface area contributed by atoms with Crippen molar-refractivity contribution in [1.29, 1.82) is 0 Å². The fourth-order valence-corrected chi connectivity index (χ4v) is 5.09. The van der Waals surface area contributed by atoms with Gasteiger partial charge in [0.2, 0.25) is 0 Å². The number of nitrogens with zero attached hydrogens (tertiary/aromatic N) is 1. The molecule has 0 aliphatic carbocycles. The Morgan fingerprint density at radius 3 is 2.34 bits per heavy atom. The van der Waals surface area contributed by atoms with Crippen LogP contribution >= 0.6 is 11.6 Å². The number of benzene rings is 3. The molecule has 4 rings (SSSR count). The summed E-state index contributed by atoms with van der Waals surface area (Å²) in [5.74, 6) is 1.24. The molecule has 0 fully saturated rings. The Hall–Kier alpha value is -3.95. The lowest BCUT2D eigenvalue weighted by Crippen LogP contribution is -2.40. The molecule has 9 nitrogen and oxygen atoms in total. The molecule has 2 atom stereocenters. The Labute approximate surface area is 244 Å². The number of carbonyl (C=O) groups is 2. The minimum absolute atomic E-state index is 0.133. The molecule has 0 aromatic heterocycles. The fourth-order valence-electron chi connectivity index (χ4n) is 4.78. The van der Waals surface area contributed by atoms with Crippen LogP contribution in [0.15, 0.2) is 54.6 Å². The van der Waals surface area contributed by atoms with Crippen molar-refractivity contribution in [3.8, 4) is 23.0 Å². The largest absolute Gasteiger partial charge is 0.497 e. The van der Waals surface area contributed by atoms with Crippen molar-refractivity contribution in [1.82, 2.24) is 0 Å². The summed E-state index contributed by atoms with van der Waals surface area (Å²) in [6, 6.07) is 16.2. The van der Waals surface area contributed by atoms with Crippen LogP contribution in [-0.2, 0) is 25.6 Å². The van der Waals surface area contributed by atoms with E-state index < -0.39 is 24.1 Å². The van der Waals surface area contributed by atoms with Gasteiger partial charge in [0.15, 0.2) is 0 Å². The van der Waals surface area contributed by atoms with Crippen LogP contribution in [0.4, 0.5) is 5.69 Å². The maximum absolute atomic E-state index is 14.2. The number of hydrogen-bond donors (Lipinski definition) is 0. The number of carbonyl (C=O) groups excluding carboxylic acids is 2. The third kappa shape index (κ3) is 6.52. The molecule has 0 saturated carbocycles. The van der Waals surface area contributed by atoms with E-state index >= 15 is 0 Å². The number of halogens is 1. The SMILES string of the molecule is CCOC(=O)CC1OC(c2cccc(OC)c2Cl)c2cc(OCC)ccc2N(Cc2ccc(OC)cc2OC)C1=O. The van der Waals surface area contributed by atoms with Crippen molar-refractivity contribution in [2.45, 2.75) is 39.0 Å². The van der Waals surface area contributed by atoms with Gasteiger partial charge in [0.25, 0.3) is 5.91 Å². The van der Waals surface area contributed by atoms with Crippen LogP contribution in [-0.4, -0.2) is 52.5 Å². The van der Waals surface area contributed by atoms with Gasteiger partial charge in [-0.3, -0.25) is 9.59 Å². The Bertz CT molecular complexity index is 1390. The summed E-state index contributed by atoms with van der Waals surface area (Å²) in [7, 11) is 4.65. The summed E-state index contributed by atoms with van der Waals surface area (Å²) in [5, 5.41) is 0.334. The Morgan fingerprint density at radius 2 is 1.66 bits per heavy atom. The molecule has 10 heteroatoms. The Kier molecular flexibility index (Phi) is 9.96. The number of methoxy groups -OCH3 is 3. The van der Waals surface area contributed by atoms with Crippen molar-refractivity contribution in [3.05, 3.63) is 76.3 Å². The number of rotatable bonds is 11. The monoisotopic (exact) mass is 583 g/mol. The van der Waals surface area contributed by atoms with Gasteiger partial charge in [-0.2, -0.15) is 0 Å². The summed E-state index contributed by atoms with van der Waals surface area (Å²) in [4.78, 5) is 28.5. The number of anilines is 1. The smallest absolute Gasteiger partial charge is 0.308 e. The summed E-state index contributed by atoms with van der Waals surface area (Å²) < 4.78 is 33.9. The molecule has 3 aromatic carbocycles. The topological polar surface area (TPSA) is 92.8 Å². The standard InChI is InChI=1S/C31H34ClNO8/c1-6-39-21-13-14-24-23(15-21)30(22-9-8-10-25(37-4)29(22)32)41-27(17-28(34)40-7-2)31(35)33(24)18-19-11-12-20(36-3)16-26(19)38-5/h8-16,27,30H,6-7,17-18H2,1-5H3. The van der Waals surface area contributed by atoms with E-state index in [9.17, 15) is 9.59 Å². The third-order valence-electron chi connectivity index (χ3n) is 6.70. The van der Waals surface area contributed by atoms with E-state index in [0.29, 0.717) is 51.4 Å². The first kappa shape index (κ1) is 30.0. The summed E-state index contributed by atoms with van der Waals surface area (Å²) in [5.41, 5.74) is 2.52. The zero-order valence-electron chi connectivity index (χ0n) is 23.8. The second-order valence-electron chi connectivity index (χ2n) is 9.13. The van der Waals surface area contributed by atoms with Gasteiger partial charge in [-0.1, -0.05) is 23.7 Å². The van der Waals surface area contributed by atoms with Crippen molar-refractivity contribution in [2.75, 3.05) is 39.4 Å². The quantitative estimate of drug-likeness (QED) is 0.264. The molecule has 0 saturated heterocycles. The molecular formula is C31H34ClNO8. The van der Waals surface area contributed by atoms with Crippen LogP contribution in [0.25, 0.3) is 0 Å². The van der Waals surface area contributed by atoms with Gasteiger partial charge >= 0.3 is 5.97 Å². The normalized spacial score (nSPS) is 16.4. The molecular weight excluding hydrogens is 550 g/mol. The van der Waals surface area contributed by atoms with Gasteiger partial charge in [0.1, 0.15) is 35.2 Å². The Morgan fingerprint density at radius 1 is 0.902 bits per heavy atom. The molecule has 0 N–H and O–H groups in total. The van der Waals surface area contributed by atoms with Crippen molar-refractivity contribution in [3.63, 3.8) is 0 Å². The van der Waals surface area contributed by atoms with Crippen LogP contribution in [0.5, 0.6) is 23.0 Å². The first-order valence-corrected chi connectivity index (χ1v) is 13.6. The lowest BCUT2D eigenvalue weighted by molar-refractivity contribution is -0.151. The second kappa shape index (κ2) is 13.6. The molecule has 41 heavy (non-hydrogen) atoms. The molecule has 218 valence electrons. The molecule has 1 aliphatic heterocycles. The van der Waals surface area contributed by atoms with E-state index in [1.807, 2.05) is 25.1 Å². The van der Waals surface area contributed by atoms with Crippen LogP contribution in [0.2, 0.25) is 5.02 Å². The number of amides is 1. The number of fused-ring (bicyclic) bond motifs is 1. The van der Waals surface area contributed by atoms with E-state index in [1.54, 1.807) is 62.4 Å². The van der Waals surface area contributed by atoms with Crippen molar-refractivity contribution in [2.24, 2.45) is 0 Å². The Balaban J connectivity index is 1.91. The zero-order valence-corrected chi connectivity index (χ0v) is 24.5. The first-order chi connectivity index (χ1) is 19.8. The highest BCUT2D eigenvalue weighted by atomic mass is 35.5. The molecule has 0 bridgehead atoms. The molecule has 1 aliphatic rings. The lowest BCUT2D eigenvalue weighted by Gasteiger charge is -2.26. The summed E-state index contributed by atoms with van der Waals surface area (Å²) >= 11 is 6.78. The molecule has 1 amide bonds. The molecule has 0 spiro atoms. The van der Waals surface area contributed by atoms with E-state index in [0.717, 1.165) is 5.56 Å². The van der Waals surface area contributed by atoms with Crippen LogP contribution in [0, 0.1) is 0 Å². The first-order valence-electron chi connectivity index (χ1n) is 13.3. The highest BCUT2D eigenvalue weighted by Gasteiger charge is 2.39. The average Bonchev–Trinajstić information content (AvgIpc) is 3.08. The molecule has 2 unspecified atom stereocenters. The predicted molar refractivity (Wildman–Crippen MR) is 154 cm³/mol. The van der Waals surface area contributed by atoms with Crippen LogP contribution < -0.4 is 23.8 Å². The summed E-state index contributed by atoms with van der Waals surface area (Å²) in [6.45, 7) is 4.35. The van der Waals surface area contributed by atoms with E-state index in [2.05, 4.69) is 0 Å². The van der Waals surface area contributed by atoms with Crippen molar-refractivity contribution >= 4 is 29.2 Å². The van der Waals surface area contributed by atoms with Gasteiger partial charge in [-0.15, -0.1) is 0 Å². The van der Waals surface area contributed by atoms with Crippen LogP contribution in [0.3, 0.4) is 0 Å².